The third kappa shape index (κ3) is 8.83. The summed E-state index contributed by atoms with van der Waals surface area (Å²) in [6, 6.07) is 9.72. The summed E-state index contributed by atoms with van der Waals surface area (Å²) in [6.07, 6.45) is 7.57. The predicted octanol–water partition coefficient (Wildman–Crippen LogP) is 6.84. The molecule has 12 nitrogen and oxygen atoms in total. The first kappa shape index (κ1) is 40.9. The van der Waals surface area contributed by atoms with Crippen LogP contribution in [0.15, 0.2) is 72.4 Å². The van der Waals surface area contributed by atoms with E-state index < -0.39 is 40.0 Å². The fourth-order valence-electron chi connectivity index (χ4n) is 6.39. The average Bonchev–Trinajstić information content (AvgIpc) is 3.87. The van der Waals surface area contributed by atoms with E-state index in [0.717, 1.165) is 16.7 Å². The largest absolute Gasteiger partial charge is 0.394 e. The standard InChI is InChI=1S/C33H35Cl2N7O5S.2C2H6/c1-20(2)10-26(18-43)39-31(44)28-4-3-9-40(28)48(46,47)30-17-38-33-41(27-13-24(34)12-25(35)14-27)32(45)29(42(30)33)11-21-5-7-22(8-6-21)23-15-36-19-37-16-23;2*1-2/h5-8,12-17,19-20,26,28-29,43H,3-4,9-11,18H2,1-2H3,(H,39,44);2*1-2H3/t26-,28-,29+;;/m0../s1. The Morgan fingerprint density at radius 1 is 0.981 bits per heavy atom. The van der Waals surface area contributed by atoms with Crippen LogP contribution in [-0.2, 0) is 26.0 Å². The number of nitrogens with one attached hydrogen (secondary N) is 1. The molecule has 2 N–H and O–H groups in total. The Hall–Kier alpha value is -3.88. The minimum atomic E-state index is -4.33. The Bertz CT molecular complexity index is 1900. The van der Waals surface area contributed by atoms with Gasteiger partial charge in [0.25, 0.3) is 15.9 Å². The number of aromatic nitrogens is 4. The van der Waals surface area contributed by atoms with Gasteiger partial charge in [0.15, 0.2) is 5.03 Å². The van der Waals surface area contributed by atoms with Gasteiger partial charge in [-0.05, 0) is 54.5 Å². The zero-order chi connectivity index (χ0) is 38.2. The van der Waals surface area contributed by atoms with Gasteiger partial charge >= 0.3 is 0 Å². The number of hydrogen-bond acceptors (Lipinski definition) is 8. The van der Waals surface area contributed by atoms with Gasteiger partial charge in [0.05, 0.1) is 24.5 Å². The van der Waals surface area contributed by atoms with Gasteiger partial charge in [-0.15, -0.1) is 0 Å². The summed E-state index contributed by atoms with van der Waals surface area (Å²) < 4.78 is 31.4. The quantitative estimate of drug-likeness (QED) is 0.168. The Balaban J connectivity index is 0.00000146. The van der Waals surface area contributed by atoms with Gasteiger partial charge in [0.2, 0.25) is 11.9 Å². The number of benzene rings is 2. The summed E-state index contributed by atoms with van der Waals surface area (Å²) in [5.41, 5.74) is 2.83. The molecule has 0 saturated carbocycles. The fraction of sp³-hybridized carbons (Fsp3) is 0.432. The lowest BCUT2D eigenvalue weighted by molar-refractivity contribution is -0.125. The second-order valence-electron chi connectivity index (χ2n) is 12.4. The van der Waals surface area contributed by atoms with E-state index >= 15 is 0 Å². The molecular weight excluding hydrogens is 725 g/mol. The molecule has 280 valence electrons. The number of carbonyl (C=O) groups excluding carboxylic acids is 2. The number of aliphatic hydroxyl groups excluding tert-OH is 1. The molecule has 0 unspecified atom stereocenters. The SMILES string of the molecule is CC.CC.CC(C)C[C@@H](CO)NC(=O)[C@@H]1CCCN1S(=O)(=O)c1cnc2n1[C@H](Cc1ccc(-c3cncnc3)cc1)C(=O)N2c1cc(Cl)cc(Cl)c1. The van der Waals surface area contributed by atoms with Crippen molar-refractivity contribution in [3.8, 4) is 11.1 Å². The third-order valence-electron chi connectivity index (χ3n) is 8.54. The minimum Gasteiger partial charge on any atom is -0.394 e. The normalized spacial score (nSPS) is 17.6. The Morgan fingerprint density at radius 3 is 2.21 bits per heavy atom. The number of aliphatic hydroxyl groups is 1. The van der Waals surface area contributed by atoms with Gasteiger partial charge in [-0.25, -0.2) is 28.3 Å². The molecule has 2 amide bonds. The van der Waals surface area contributed by atoms with Crippen LogP contribution in [-0.4, -0.2) is 74.4 Å². The maximum absolute atomic E-state index is 14.4. The molecule has 4 aromatic rings. The van der Waals surface area contributed by atoms with E-state index in [2.05, 4.69) is 20.3 Å². The van der Waals surface area contributed by atoms with Gasteiger partial charge in [-0.3, -0.25) is 14.2 Å². The number of carbonyl (C=O) groups is 2. The zero-order valence-electron chi connectivity index (χ0n) is 30.3. The summed E-state index contributed by atoms with van der Waals surface area (Å²) in [7, 11) is -4.33. The van der Waals surface area contributed by atoms with Crippen molar-refractivity contribution in [3.63, 3.8) is 0 Å². The molecule has 2 aromatic carbocycles. The van der Waals surface area contributed by atoms with Crippen molar-refractivity contribution in [2.24, 2.45) is 5.92 Å². The van der Waals surface area contributed by atoms with Crippen molar-refractivity contribution < 1.29 is 23.1 Å². The lowest BCUT2D eigenvalue weighted by Gasteiger charge is -2.26. The summed E-state index contributed by atoms with van der Waals surface area (Å²) in [4.78, 5) is 41.5. The van der Waals surface area contributed by atoms with Crippen LogP contribution in [0.1, 0.15) is 72.4 Å². The molecule has 2 aliphatic heterocycles. The molecule has 1 fully saturated rings. The molecule has 1 saturated heterocycles. The van der Waals surface area contributed by atoms with Gasteiger partial charge in [-0.1, -0.05) is 89.0 Å². The van der Waals surface area contributed by atoms with Crippen molar-refractivity contribution in [1.82, 2.24) is 29.1 Å². The van der Waals surface area contributed by atoms with Crippen molar-refractivity contribution in [1.29, 1.82) is 0 Å². The van der Waals surface area contributed by atoms with Crippen LogP contribution in [0.5, 0.6) is 0 Å². The Labute approximate surface area is 316 Å². The maximum atomic E-state index is 14.4. The number of halogens is 2. The first-order valence-corrected chi connectivity index (χ1v) is 19.8. The van der Waals surface area contributed by atoms with Crippen LogP contribution in [0.3, 0.4) is 0 Å². The molecule has 0 bridgehead atoms. The van der Waals surface area contributed by atoms with Gasteiger partial charge < -0.3 is 10.4 Å². The van der Waals surface area contributed by atoms with E-state index in [-0.39, 0.29) is 36.5 Å². The predicted molar refractivity (Wildman–Crippen MR) is 204 cm³/mol. The number of nitrogens with zero attached hydrogens (tertiary/aromatic N) is 6. The fourth-order valence-corrected chi connectivity index (χ4v) is 8.70. The van der Waals surface area contributed by atoms with Gasteiger partial charge in [-0.2, -0.15) is 4.31 Å². The maximum Gasteiger partial charge on any atom is 0.261 e. The van der Waals surface area contributed by atoms with Crippen LogP contribution in [0.4, 0.5) is 11.6 Å². The van der Waals surface area contributed by atoms with E-state index in [9.17, 15) is 23.1 Å². The van der Waals surface area contributed by atoms with E-state index in [1.54, 1.807) is 24.5 Å². The van der Waals surface area contributed by atoms with Crippen molar-refractivity contribution >= 4 is 56.7 Å². The van der Waals surface area contributed by atoms with Gasteiger partial charge in [0.1, 0.15) is 18.4 Å². The molecule has 2 aliphatic rings. The summed E-state index contributed by atoms with van der Waals surface area (Å²) >= 11 is 12.6. The second-order valence-corrected chi connectivity index (χ2v) is 15.1. The Kier molecular flexibility index (Phi) is 14.3. The van der Waals surface area contributed by atoms with Crippen LogP contribution >= 0.6 is 23.2 Å². The molecule has 3 atom stereocenters. The van der Waals surface area contributed by atoms with Crippen LogP contribution < -0.4 is 10.2 Å². The van der Waals surface area contributed by atoms with E-state index in [1.807, 2.05) is 65.8 Å². The molecule has 0 spiro atoms. The molecular formula is C37H47Cl2N7O5S. The van der Waals surface area contributed by atoms with Crippen molar-refractivity contribution in [3.05, 3.63) is 83.0 Å². The molecule has 6 rings (SSSR count). The molecule has 15 heteroatoms. The number of sulfonamides is 1. The molecule has 52 heavy (non-hydrogen) atoms. The van der Waals surface area contributed by atoms with E-state index in [4.69, 9.17) is 23.2 Å². The molecule has 0 aliphatic carbocycles. The number of rotatable bonds is 11. The number of hydrogen-bond donors (Lipinski definition) is 2. The third-order valence-corrected chi connectivity index (χ3v) is 10.9. The zero-order valence-corrected chi connectivity index (χ0v) is 32.7. The van der Waals surface area contributed by atoms with E-state index in [0.29, 0.717) is 35.0 Å². The second kappa shape index (κ2) is 18.2. The monoisotopic (exact) mass is 771 g/mol. The molecule has 0 radical (unpaired) electrons. The smallest absolute Gasteiger partial charge is 0.261 e. The Morgan fingerprint density at radius 2 is 1.62 bits per heavy atom. The van der Waals surface area contributed by atoms with E-state index in [1.165, 1.54) is 32.4 Å². The highest BCUT2D eigenvalue weighted by molar-refractivity contribution is 7.89. The highest BCUT2D eigenvalue weighted by Gasteiger charge is 2.47. The highest BCUT2D eigenvalue weighted by Crippen LogP contribution is 2.42. The number of anilines is 2. The van der Waals surface area contributed by atoms with Crippen LogP contribution in [0.2, 0.25) is 10.0 Å². The van der Waals surface area contributed by atoms with Gasteiger partial charge in [0, 0.05) is 41.0 Å². The average molecular weight is 773 g/mol. The van der Waals surface area contributed by atoms with Crippen LogP contribution in [0, 0.1) is 5.92 Å². The highest BCUT2D eigenvalue weighted by atomic mass is 35.5. The van der Waals surface area contributed by atoms with Crippen LogP contribution in [0.25, 0.3) is 11.1 Å². The summed E-state index contributed by atoms with van der Waals surface area (Å²) in [5, 5.41) is 13.1. The first-order chi connectivity index (χ1) is 25.0. The lowest BCUT2D eigenvalue weighted by Crippen LogP contribution is -2.50. The minimum absolute atomic E-state index is 0.0949. The van der Waals surface area contributed by atoms with Crippen molar-refractivity contribution in [2.75, 3.05) is 18.1 Å². The van der Waals surface area contributed by atoms with Crippen molar-refractivity contribution in [2.45, 2.75) is 90.4 Å². The number of imidazole rings is 1. The molecule has 4 heterocycles. The number of fused-ring (bicyclic) bond motifs is 1. The molecule has 2 aromatic heterocycles. The first-order valence-electron chi connectivity index (χ1n) is 17.6. The topological polar surface area (TPSA) is 151 Å². The number of amides is 2. The lowest BCUT2D eigenvalue weighted by atomic mass is 10.0. The summed E-state index contributed by atoms with van der Waals surface area (Å²) in [5.74, 6) is -0.569. The summed E-state index contributed by atoms with van der Waals surface area (Å²) in [6.45, 7) is 11.8.